The van der Waals surface area contributed by atoms with Crippen LogP contribution in [0.3, 0.4) is 0 Å². The lowest BCUT2D eigenvalue weighted by Crippen LogP contribution is -2.52. The molecule has 0 amide bonds. The van der Waals surface area contributed by atoms with Gasteiger partial charge in [0.05, 0.1) is 14.8 Å². The van der Waals surface area contributed by atoms with E-state index in [-0.39, 0.29) is 29.0 Å². The number of hydrogen-bond donors (Lipinski definition) is 0. The normalized spacial score (nSPS) is 25.7. The molecule has 0 heterocycles. The molecule has 1 aromatic carbocycles. The van der Waals surface area contributed by atoms with Gasteiger partial charge in [-0.15, -0.1) is 11.6 Å². The SMILES string of the molecule is CCOC1C(Cl)CC1Oc1c(Br)cccc1[N+](=O)[O-]. The highest BCUT2D eigenvalue weighted by molar-refractivity contribution is 9.10. The molecule has 19 heavy (non-hydrogen) atoms. The number of para-hydroxylation sites is 1. The van der Waals surface area contributed by atoms with Gasteiger partial charge in [0.1, 0.15) is 12.2 Å². The molecule has 1 aliphatic rings. The zero-order valence-corrected chi connectivity index (χ0v) is 12.6. The Morgan fingerprint density at radius 3 is 2.89 bits per heavy atom. The van der Waals surface area contributed by atoms with E-state index in [1.165, 1.54) is 6.07 Å². The summed E-state index contributed by atoms with van der Waals surface area (Å²) in [5.41, 5.74) is -0.0670. The number of nitro groups is 1. The van der Waals surface area contributed by atoms with Crippen molar-refractivity contribution in [2.75, 3.05) is 6.61 Å². The summed E-state index contributed by atoms with van der Waals surface area (Å²) >= 11 is 9.31. The maximum Gasteiger partial charge on any atom is 0.312 e. The zero-order valence-electron chi connectivity index (χ0n) is 10.2. The number of rotatable bonds is 5. The van der Waals surface area contributed by atoms with Crippen LogP contribution in [0.2, 0.25) is 0 Å². The third-order valence-electron chi connectivity index (χ3n) is 2.95. The fourth-order valence-corrected chi connectivity index (χ4v) is 2.82. The van der Waals surface area contributed by atoms with Crippen LogP contribution in [0.5, 0.6) is 5.75 Å². The summed E-state index contributed by atoms with van der Waals surface area (Å²) in [7, 11) is 0. The molecule has 1 aromatic rings. The van der Waals surface area contributed by atoms with Crippen molar-refractivity contribution in [2.45, 2.75) is 30.9 Å². The molecule has 0 bridgehead atoms. The minimum atomic E-state index is -0.466. The molecule has 1 aliphatic carbocycles. The van der Waals surface area contributed by atoms with E-state index in [2.05, 4.69) is 15.9 Å². The highest BCUT2D eigenvalue weighted by Gasteiger charge is 2.43. The number of ether oxygens (including phenoxy) is 2. The molecule has 104 valence electrons. The first kappa shape index (κ1) is 14.6. The fraction of sp³-hybridized carbons (Fsp3) is 0.500. The molecule has 0 aromatic heterocycles. The van der Waals surface area contributed by atoms with Gasteiger partial charge in [-0.2, -0.15) is 0 Å². The van der Waals surface area contributed by atoms with E-state index >= 15 is 0 Å². The van der Waals surface area contributed by atoms with Crippen LogP contribution in [-0.2, 0) is 4.74 Å². The van der Waals surface area contributed by atoms with Gasteiger partial charge in [0, 0.05) is 19.1 Å². The quantitative estimate of drug-likeness (QED) is 0.463. The maximum absolute atomic E-state index is 11.0. The highest BCUT2D eigenvalue weighted by atomic mass is 79.9. The van der Waals surface area contributed by atoms with Crippen LogP contribution in [-0.4, -0.2) is 29.1 Å². The van der Waals surface area contributed by atoms with Gasteiger partial charge in [-0.3, -0.25) is 10.1 Å². The van der Waals surface area contributed by atoms with E-state index in [9.17, 15) is 10.1 Å². The van der Waals surface area contributed by atoms with Gasteiger partial charge in [-0.25, -0.2) is 0 Å². The molecule has 1 fully saturated rings. The Balaban J connectivity index is 2.17. The lowest BCUT2D eigenvalue weighted by molar-refractivity contribution is -0.386. The Bertz CT molecular complexity index is 485. The van der Waals surface area contributed by atoms with E-state index in [0.29, 0.717) is 17.5 Å². The van der Waals surface area contributed by atoms with Crippen LogP contribution in [0.15, 0.2) is 22.7 Å². The second-order valence-electron chi connectivity index (χ2n) is 4.17. The molecule has 7 heteroatoms. The van der Waals surface area contributed by atoms with Crippen molar-refractivity contribution in [3.05, 3.63) is 32.8 Å². The first-order valence-electron chi connectivity index (χ1n) is 5.89. The van der Waals surface area contributed by atoms with Gasteiger partial charge < -0.3 is 9.47 Å². The minimum absolute atomic E-state index is 0.0670. The largest absolute Gasteiger partial charge is 0.480 e. The topological polar surface area (TPSA) is 61.6 Å². The van der Waals surface area contributed by atoms with Crippen LogP contribution in [0.25, 0.3) is 0 Å². The van der Waals surface area contributed by atoms with Gasteiger partial charge in [-0.1, -0.05) is 6.07 Å². The molecule has 0 N–H and O–H groups in total. The summed E-state index contributed by atoms with van der Waals surface area (Å²) in [6.45, 7) is 2.41. The van der Waals surface area contributed by atoms with E-state index < -0.39 is 4.92 Å². The average molecular weight is 351 g/mol. The van der Waals surface area contributed by atoms with Crippen LogP contribution < -0.4 is 4.74 Å². The minimum Gasteiger partial charge on any atom is -0.480 e. The van der Waals surface area contributed by atoms with Crippen LogP contribution >= 0.6 is 27.5 Å². The summed E-state index contributed by atoms with van der Waals surface area (Å²) < 4.78 is 11.7. The summed E-state index contributed by atoms with van der Waals surface area (Å²) in [6, 6.07) is 4.71. The monoisotopic (exact) mass is 349 g/mol. The van der Waals surface area contributed by atoms with Crippen molar-refractivity contribution in [1.82, 2.24) is 0 Å². The zero-order chi connectivity index (χ0) is 14.0. The molecule has 0 radical (unpaired) electrons. The van der Waals surface area contributed by atoms with Crippen molar-refractivity contribution < 1.29 is 14.4 Å². The Morgan fingerprint density at radius 1 is 1.58 bits per heavy atom. The van der Waals surface area contributed by atoms with Crippen molar-refractivity contribution >= 4 is 33.2 Å². The lowest BCUT2D eigenvalue weighted by atomic mass is 9.91. The number of hydrogen-bond acceptors (Lipinski definition) is 4. The van der Waals surface area contributed by atoms with E-state index in [1.54, 1.807) is 12.1 Å². The van der Waals surface area contributed by atoms with Crippen molar-refractivity contribution in [3.8, 4) is 5.75 Å². The molecule has 0 spiro atoms. The van der Waals surface area contributed by atoms with Crippen molar-refractivity contribution in [1.29, 1.82) is 0 Å². The third-order valence-corrected chi connectivity index (χ3v) is 4.00. The van der Waals surface area contributed by atoms with Crippen molar-refractivity contribution in [2.24, 2.45) is 0 Å². The number of alkyl halides is 1. The first-order valence-corrected chi connectivity index (χ1v) is 7.12. The van der Waals surface area contributed by atoms with Gasteiger partial charge in [-0.05, 0) is 28.9 Å². The van der Waals surface area contributed by atoms with Crippen LogP contribution in [0.1, 0.15) is 13.3 Å². The Hall–Kier alpha value is -0.850. The Morgan fingerprint density at radius 2 is 2.32 bits per heavy atom. The Labute approximate surface area is 124 Å². The predicted molar refractivity (Wildman–Crippen MR) is 74.9 cm³/mol. The predicted octanol–water partition coefficient (Wildman–Crippen LogP) is 3.52. The molecule has 5 nitrogen and oxygen atoms in total. The second-order valence-corrected chi connectivity index (χ2v) is 5.59. The maximum atomic E-state index is 11.0. The van der Waals surface area contributed by atoms with Gasteiger partial charge in [0.2, 0.25) is 5.75 Å². The summed E-state index contributed by atoms with van der Waals surface area (Å²) in [6.07, 6.45) is 0.142. The molecule has 1 saturated carbocycles. The number of nitro benzene ring substituents is 1. The van der Waals surface area contributed by atoms with Gasteiger partial charge in [0.15, 0.2) is 0 Å². The number of benzene rings is 1. The number of nitrogens with zero attached hydrogens (tertiary/aromatic N) is 1. The molecule has 0 aliphatic heterocycles. The number of halogens is 2. The van der Waals surface area contributed by atoms with E-state index in [0.717, 1.165) is 0 Å². The molecular weight excluding hydrogens is 337 g/mol. The van der Waals surface area contributed by atoms with E-state index in [4.69, 9.17) is 21.1 Å². The second kappa shape index (κ2) is 6.07. The van der Waals surface area contributed by atoms with E-state index in [1.807, 2.05) is 6.92 Å². The van der Waals surface area contributed by atoms with Crippen LogP contribution in [0, 0.1) is 10.1 Å². The molecule has 3 unspecified atom stereocenters. The Kier molecular flexibility index (Phi) is 4.65. The summed E-state index contributed by atoms with van der Waals surface area (Å²) in [5.74, 6) is 0.228. The summed E-state index contributed by atoms with van der Waals surface area (Å²) in [5, 5.41) is 10.9. The average Bonchev–Trinajstić information content (AvgIpc) is 2.37. The highest BCUT2D eigenvalue weighted by Crippen LogP contribution is 2.40. The first-order chi connectivity index (χ1) is 9.04. The summed E-state index contributed by atoms with van der Waals surface area (Å²) in [4.78, 5) is 10.5. The third kappa shape index (κ3) is 3.01. The van der Waals surface area contributed by atoms with Crippen molar-refractivity contribution in [3.63, 3.8) is 0 Å². The fourth-order valence-electron chi connectivity index (χ4n) is 1.96. The lowest BCUT2D eigenvalue weighted by Gasteiger charge is -2.40. The molecule has 0 saturated heterocycles. The van der Waals surface area contributed by atoms with Crippen LogP contribution in [0.4, 0.5) is 5.69 Å². The van der Waals surface area contributed by atoms with Gasteiger partial charge >= 0.3 is 5.69 Å². The molecule has 3 atom stereocenters. The molecule has 2 rings (SSSR count). The smallest absolute Gasteiger partial charge is 0.312 e. The molecular formula is C12H13BrClNO4. The van der Waals surface area contributed by atoms with Gasteiger partial charge in [0.25, 0.3) is 0 Å². The standard InChI is InChI=1S/C12H13BrClNO4/c1-2-18-12-8(14)6-10(12)19-11-7(13)4-3-5-9(11)15(16)17/h3-5,8,10,12H,2,6H2,1H3.